The molecule has 1 unspecified atom stereocenters. The number of cyclic esters (lactones) is 1. The molecule has 1 amide bonds. The summed E-state index contributed by atoms with van der Waals surface area (Å²) in [6.45, 7) is 2.84. The van der Waals surface area contributed by atoms with E-state index in [2.05, 4.69) is 0 Å². The largest absolute Gasteiger partial charge is 0.459 e. The lowest BCUT2D eigenvalue weighted by atomic mass is 9.76. The van der Waals surface area contributed by atoms with Crippen molar-refractivity contribution >= 4 is 21.7 Å². The summed E-state index contributed by atoms with van der Waals surface area (Å²) in [6.07, 6.45) is -13.9. The van der Waals surface area contributed by atoms with E-state index in [0.717, 1.165) is 30.3 Å². The Kier molecular flexibility index (Phi) is 6.99. The smallest absolute Gasteiger partial charge is 0.435 e. The van der Waals surface area contributed by atoms with Gasteiger partial charge in [0, 0.05) is 12.1 Å². The minimum Gasteiger partial charge on any atom is -0.459 e. The normalized spacial score (nSPS) is 25.7. The Labute approximate surface area is 240 Å². The lowest BCUT2D eigenvalue weighted by Gasteiger charge is -2.43. The van der Waals surface area contributed by atoms with E-state index in [1.807, 2.05) is 0 Å². The number of fused-ring (bicyclic) bond motifs is 3. The molecule has 0 bridgehead atoms. The molecular weight excluding hydrogens is 614 g/mol. The number of nitrogens with zero attached hydrogens (tertiary/aromatic N) is 1. The van der Waals surface area contributed by atoms with Gasteiger partial charge in [-0.3, -0.25) is 9.59 Å². The molecule has 1 aliphatic carbocycles. The molecule has 5 rings (SSSR count). The fourth-order valence-corrected chi connectivity index (χ4v) is 9.09. The molecule has 0 radical (unpaired) electrons. The quantitative estimate of drug-likeness (QED) is 0.245. The number of carbonyl (C=O) groups is 2. The van der Waals surface area contributed by atoms with Crippen molar-refractivity contribution < 1.29 is 57.9 Å². The molecule has 2 aromatic rings. The Morgan fingerprint density at radius 2 is 1.58 bits per heavy atom. The first-order valence-electron chi connectivity index (χ1n) is 13.2. The summed E-state index contributed by atoms with van der Waals surface area (Å²) in [4.78, 5) is 26.7. The van der Waals surface area contributed by atoms with Gasteiger partial charge >= 0.3 is 24.0 Å². The number of esters is 1. The molecule has 6 nitrogen and oxygen atoms in total. The second kappa shape index (κ2) is 9.63. The van der Waals surface area contributed by atoms with Crippen LogP contribution >= 0.6 is 0 Å². The van der Waals surface area contributed by atoms with E-state index in [9.17, 15) is 53.1 Å². The molecule has 2 aromatic carbocycles. The summed E-state index contributed by atoms with van der Waals surface area (Å²) in [5, 5.41) is 0. The fraction of sp³-hybridized carbons (Fsp3) is 0.500. The number of hydrogen-bond acceptors (Lipinski definition) is 5. The molecule has 3 aliphatic rings. The van der Waals surface area contributed by atoms with Crippen molar-refractivity contribution in [2.24, 2.45) is 5.92 Å². The molecule has 0 spiro atoms. The van der Waals surface area contributed by atoms with E-state index in [4.69, 9.17) is 4.74 Å². The van der Waals surface area contributed by atoms with Crippen molar-refractivity contribution in [3.8, 4) is 0 Å². The van der Waals surface area contributed by atoms with Crippen LogP contribution < -0.4 is 0 Å². The van der Waals surface area contributed by atoms with E-state index in [-0.39, 0.29) is 49.4 Å². The van der Waals surface area contributed by atoms with Gasteiger partial charge in [0.25, 0.3) is 0 Å². The average Bonchev–Trinajstić information content (AvgIpc) is 3.43. The number of likely N-dealkylation sites (tertiary alicyclic amines) is 1. The number of aryl methyl sites for hydroxylation is 1. The second-order valence-corrected chi connectivity index (χ2v) is 13.7. The van der Waals surface area contributed by atoms with Gasteiger partial charge in [0.2, 0.25) is 5.91 Å². The molecule has 43 heavy (non-hydrogen) atoms. The lowest BCUT2D eigenvalue weighted by molar-refractivity contribution is -0.348. The van der Waals surface area contributed by atoms with E-state index >= 15 is 0 Å². The van der Waals surface area contributed by atoms with Gasteiger partial charge < -0.3 is 9.64 Å². The molecule has 0 aromatic heterocycles. The fourth-order valence-electron chi connectivity index (χ4n) is 6.72. The zero-order chi connectivity index (χ0) is 32.0. The topological polar surface area (TPSA) is 80.8 Å². The van der Waals surface area contributed by atoms with Gasteiger partial charge in [0.05, 0.1) is 23.3 Å². The predicted octanol–water partition coefficient (Wildman–Crippen LogP) is 5.67. The molecular formula is C28H25F8NO5S. The van der Waals surface area contributed by atoms with Gasteiger partial charge in [-0.15, -0.1) is 0 Å². The molecule has 0 N–H and O–H groups in total. The first kappa shape index (κ1) is 31.2. The van der Waals surface area contributed by atoms with Crippen LogP contribution in [0.4, 0.5) is 35.1 Å². The Morgan fingerprint density at radius 3 is 2.12 bits per heavy atom. The Morgan fingerprint density at radius 1 is 0.977 bits per heavy atom. The molecule has 2 saturated heterocycles. The summed E-state index contributed by atoms with van der Waals surface area (Å²) in [6, 6.07) is 3.90. The second-order valence-electron chi connectivity index (χ2n) is 11.5. The molecule has 2 heterocycles. The minimum atomic E-state index is -6.38. The van der Waals surface area contributed by atoms with Crippen LogP contribution in [0.2, 0.25) is 0 Å². The number of benzene rings is 2. The maximum Gasteiger partial charge on any atom is 0.435 e. The number of rotatable bonds is 4. The Balaban J connectivity index is 1.69. The molecule has 234 valence electrons. The van der Waals surface area contributed by atoms with Gasteiger partial charge in [0.1, 0.15) is 16.2 Å². The van der Waals surface area contributed by atoms with Crippen LogP contribution in [0.15, 0.2) is 47.4 Å². The molecule has 15 heteroatoms. The van der Waals surface area contributed by atoms with Crippen LogP contribution in [0.25, 0.3) is 0 Å². The van der Waals surface area contributed by atoms with E-state index in [1.54, 1.807) is 0 Å². The van der Waals surface area contributed by atoms with Crippen LogP contribution in [-0.2, 0) is 41.0 Å². The SMILES string of the molecule is CC1(C)OC(=O)CC1C(=O)N1CC[C@@]2(S(=O)(=O)c3ccc(F)cc3)c3ccc(C(F)(C(F)(F)F)C(F)(F)F)cc3CC[C@@H]12. The molecule has 2 fully saturated rings. The molecule has 3 atom stereocenters. The summed E-state index contributed by atoms with van der Waals surface area (Å²) in [5.41, 5.74) is -9.15. The van der Waals surface area contributed by atoms with Crippen LogP contribution in [0, 0.1) is 11.7 Å². The van der Waals surface area contributed by atoms with E-state index < -0.39 is 78.3 Å². The molecule has 0 saturated carbocycles. The van der Waals surface area contributed by atoms with Crippen LogP contribution in [0.1, 0.15) is 49.8 Å². The van der Waals surface area contributed by atoms with Gasteiger partial charge in [-0.25, -0.2) is 17.2 Å². The van der Waals surface area contributed by atoms with E-state index in [1.165, 1.54) is 18.7 Å². The number of halogens is 8. The zero-order valence-corrected chi connectivity index (χ0v) is 23.5. The van der Waals surface area contributed by atoms with Crippen molar-refractivity contribution in [3.05, 3.63) is 65.0 Å². The Bertz CT molecular complexity index is 1570. The van der Waals surface area contributed by atoms with Crippen molar-refractivity contribution in [1.82, 2.24) is 4.90 Å². The highest BCUT2D eigenvalue weighted by molar-refractivity contribution is 7.92. The van der Waals surface area contributed by atoms with Gasteiger partial charge in [-0.2, -0.15) is 26.3 Å². The third-order valence-corrected chi connectivity index (χ3v) is 11.4. The predicted molar refractivity (Wildman–Crippen MR) is 133 cm³/mol. The standard InChI is InChI=1S/C28H25F8NO5S/c1-24(2)20(14-22(38)42-24)23(39)37-12-11-25(43(40,41)18-7-5-17(29)6-8-18)19-9-4-16(13-15(19)3-10-21(25)37)26(30,27(31,32)33)28(34,35)36/h4-9,13,20-21H,3,10-12,14H2,1-2H3/t20?,21-,25-/m1/s1. The van der Waals surface area contributed by atoms with Crippen molar-refractivity contribution in [2.45, 2.75) is 78.8 Å². The van der Waals surface area contributed by atoms with Crippen LogP contribution in [0.3, 0.4) is 0 Å². The number of amides is 1. The van der Waals surface area contributed by atoms with Gasteiger partial charge in [-0.1, -0.05) is 18.2 Å². The van der Waals surface area contributed by atoms with Crippen LogP contribution in [-0.4, -0.2) is 55.7 Å². The van der Waals surface area contributed by atoms with Gasteiger partial charge in [-0.05, 0) is 68.5 Å². The third kappa shape index (κ3) is 4.43. The number of hydrogen-bond donors (Lipinski definition) is 0. The van der Waals surface area contributed by atoms with Gasteiger partial charge in [0.15, 0.2) is 9.84 Å². The average molecular weight is 640 g/mol. The monoisotopic (exact) mass is 639 g/mol. The highest BCUT2D eigenvalue weighted by Gasteiger charge is 2.74. The molecule has 2 aliphatic heterocycles. The number of alkyl halides is 7. The number of ether oxygens (including phenoxy) is 1. The third-order valence-electron chi connectivity index (χ3n) is 8.84. The van der Waals surface area contributed by atoms with E-state index in [0.29, 0.717) is 6.07 Å². The summed E-state index contributed by atoms with van der Waals surface area (Å²) < 4.78 is 142. The number of carbonyl (C=O) groups excluding carboxylic acids is 2. The lowest BCUT2D eigenvalue weighted by Crippen LogP contribution is -2.54. The number of sulfone groups is 1. The van der Waals surface area contributed by atoms with Crippen molar-refractivity contribution in [1.29, 1.82) is 0 Å². The highest BCUT2D eigenvalue weighted by Crippen LogP contribution is 2.57. The van der Waals surface area contributed by atoms with Crippen LogP contribution in [0.5, 0.6) is 0 Å². The summed E-state index contributed by atoms with van der Waals surface area (Å²) >= 11 is 0. The maximum absolute atomic E-state index is 15.0. The minimum absolute atomic E-state index is 0.183. The first-order chi connectivity index (χ1) is 19.7. The maximum atomic E-state index is 15.0. The van der Waals surface area contributed by atoms with Crippen molar-refractivity contribution in [2.75, 3.05) is 6.54 Å². The summed E-state index contributed by atoms with van der Waals surface area (Å²) in [7, 11) is -4.62. The first-order valence-corrected chi connectivity index (χ1v) is 14.7. The van der Waals surface area contributed by atoms with Crippen molar-refractivity contribution in [3.63, 3.8) is 0 Å². The Hall–Kier alpha value is -3.23. The summed E-state index contributed by atoms with van der Waals surface area (Å²) in [5.74, 6) is -3.00. The zero-order valence-electron chi connectivity index (χ0n) is 22.7. The highest BCUT2D eigenvalue weighted by atomic mass is 32.2.